The number of aryl methyl sites for hydroxylation is 1. The molecular formula is C22H23N3O2S. The standard InChI is InChI=1S/C22H23N3O2S/c1-3-4-14-27-19-12-10-17(11-13-19)15-23-25-21(26)20-16(2)28-22(24-20)18-8-6-5-7-9-18/h5-13,15H,3-4,14H2,1-2H3,(H,25,26)/b23-15-. The smallest absolute Gasteiger partial charge is 0.291 e. The summed E-state index contributed by atoms with van der Waals surface area (Å²) in [6, 6.07) is 17.4. The van der Waals surface area contributed by atoms with Gasteiger partial charge < -0.3 is 4.74 Å². The molecule has 5 nitrogen and oxygen atoms in total. The molecular weight excluding hydrogens is 370 g/mol. The van der Waals surface area contributed by atoms with Crippen molar-refractivity contribution >= 4 is 23.5 Å². The summed E-state index contributed by atoms with van der Waals surface area (Å²) < 4.78 is 5.63. The predicted molar refractivity (Wildman–Crippen MR) is 114 cm³/mol. The van der Waals surface area contributed by atoms with E-state index in [9.17, 15) is 4.79 Å². The molecule has 0 aliphatic rings. The number of thiazole rings is 1. The summed E-state index contributed by atoms with van der Waals surface area (Å²) in [7, 11) is 0. The number of unbranched alkanes of at least 4 members (excludes halogenated alkanes) is 1. The Labute approximate surface area is 169 Å². The van der Waals surface area contributed by atoms with Crippen molar-refractivity contribution in [3.05, 3.63) is 70.7 Å². The summed E-state index contributed by atoms with van der Waals surface area (Å²) >= 11 is 1.50. The Bertz CT molecular complexity index is 934. The molecule has 0 fully saturated rings. The molecule has 0 radical (unpaired) electrons. The van der Waals surface area contributed by atoms with Gasteiger partial charge in [0, 0.05) is 10.4 Å². The van der Waals surface area contributed by atoms with Gasteiger partial charge >= 0.3 is 0 Å². The monoisotopic (exact) mass is 393 g/mol. The highest BCUT2D eigenvalue weighted by Gasteiger charge is 2.15. The maximum atomic E-state index is 12.4. The van der Waals surface area contributed by atoms with Crippen molar-refractivity contribution in [1.82, 2.24) is 10.4 Å². The van der Waals surface area contributed by atoms with E-state index in [1.165, 1.54) is 11.3 Å². The molecule has 1 heterocycles. The summed E-state index contributed by atoms with van der Waals surface area (Å²) in [5.41, 5.74) is 4.83. The van der Waals surface area contributed by atoms with Gasteiger partial charge in [-0.3, -0.25) is 4.79 Å². The third kappa shape index (κ3) is 5.27. The van der Waals surface area contributed by atoms with E-state index in [-0.39, 0.29) is 5.91 Å². The zero-order chi connectivity index (χ0) is 19.8. The van der Waals surface area contributed by atoms with E-state index < -0.39 is 0 Å². The van der Waals surface area contributed by atoms with E-state index in [0.717, 1.165) is 46.2 Å². The maximum absolute atomic E-state index is 12.4. The van der Waals surface area contributed by atoms with Gasteiger partial charge in [0.15, 0.2) is 0 Å². The number of nitrogens with one attached hydrogen (secondary N) is 1. The quantitative estimate of drug-likeness (QED) is 0.330. The van der Waals surface area contributed by atoms with Gasteiger partial charge in [0.05, 0.1) is 12.8 Å². The lowest BCUT2D eigenvalue weighted by molar-refractivity contribution is 0.0950. The highest BCUT2D eigenvalue weighted by Crippen LogP contribution is 2.27. The number of benzene rings is 2. The zero-order valence-electron chi connectivity index (χ0n) is 16.0. The van der Waals surface area contributed by atoms with Crippen molar-refractivity contribution in [2.75, 3.05) is 6.61 Å². The van der Waals surface area contributed by atoms with Crippen LogP contribution in [-0.2, 0) is 0 Å². The lowest BCUT2D eigenvalue weighted by Crippen LogP contribution is -2.18. The first kappa shape index (κ1) is 19.8. The average Bonchev–Trinajstić information content (AvgIpc) is 3.12. The first-order valence-corrected chi connectivity index (χ1v) is 10.1. The molecule has 1 amide bonds. The molecule has 0 saturated carbocycles. The molecule has 0 spiro atoms. The van der Waals surface area contributed by atoms with Crippen molar-refractivity contribution in [2.45, 2.75) is 26.7 Å². The SMILES string of the molecule is CCCCOc1ccc(/C=N\NC(=O)c2nc(-c3ccccc3)sc2C)cc1. The van der Waals surface area contributed by atoms with Crippen LogP contribution in [0.5, 0.6) is 5.75 Å². The lowest BCUT2D eigenvalue weighted by Gasteiger charge is -2.04. The second-order valence-corrected chi connectivity index (χ2v) is 7.46. The number of ether oxygens (including phenoxy) is 1. The van der Waals surface area contributed by atoms with Crippen LogP contribution in [0.4, 0.5) is 0 Å². The number of carbonyl (C=O) groups is 1. The molecule has 0 atom stereocenters. The number of hydrazone groups is 1. The molecule has 3 rings (SSSR count). The van der Waals surface area contributed by atoms with Gasteiger partial charge in [0.25, 0.3) is 5.91 Å². The molecule has 1 aromatic heterocycles. The van der Waals surface area contributed by atoms with E-state index in [2.05, 4.69) is 22.4 Å². The fourth-order valence-corrected chi connectivity index (χ4v) is 3.43. The largest absolute Gasteiger partial charge is 0.494 e. The summed E-state index contributed by atoms with van der Waals surface area (Å²) in [4.78, 5) is 17.7. The van der Waals surface area contributed by atoms with Gasteiger partial charge in [0.1, 0.15) is 16.5 Å². The second-order valence-electron chi connectivity index (χ2n) is 6.26. The predicted octanol–water partition coefficient (Wildman–Crippen LogP) is 5.06. The zero-order valence-corrected chi connectivity index (χ0v) is 16.8. The first-order valence-electron chi connectivity index (χ1n) is 9.26. The van der Waals surface area contributed by atoms with Crippen LogP contribution in [0, 0.1) is 6.92 Å². The minimum Gasteiger partial charge on any atom is -0.494 e. The maximum Gasteiger partial charge on any atom is 0.291 e. The molecule has 0 bridgehead atoms. The number of nitrogens with zero attached hydrogens (tertiary/aromatic N) is 2. The molecule has 6 heteroatoms. The van der Waals surface area contributed by atoms with E-state index in [1.807, 2.05) is 61.5 Å². The number of amides is 1. The fraction of sp³-hybridized carbons (Fsp3) is 0.227. The molecule has 0 unspecified atom stereocenters. The Hall–Kier alpha value is -2.99. The van der Waals surface area contributed by atoms with Crippen molar-refractivity contribution < 1.29 is 9.53 Å². The average molecular weight is 394 g/mol. The molecule has 2 aromatic carbocycles. The van der Waals surface area contributed by atoms with Crippen LogP contribution in [-0.4, -0.2) is 23.7 Å². The van der Waals surface area contributed by atoms with Crippen LogP contribution in [0.1, 0.15) is 40.7 Å². The molecule has 3 aromatic rings. The second kappa shape index (κ2) is 9.80. The number of rotatable bonds is 8. The summed E-state index contributed by atoms with van der Waals surface area (Å²) in [5.74, 6) is 0.521. The topological polar surface area (TPSA) is 63.6 Å². The van der Waals surface area contributed by atoms with E-state index in [1.54, 1.807) is 6.21 Å². The highest BCUT2D eigenvalue weighted by molar-refractivity contribution is 7.15. The summed E-state index contributed by atoms with van der Waals surface area (Å²) in [6.07, 6.45) is 3.75. The van der Waals surface area contributed by atoms with Crippen molar-refractivity contribution in [3.8, 4) is 16.3 Å². The molecule has 0 saturated heterocycles. The molecule has 28 heavy (non-hydrogen) atoms. The van der Waals surface area contributed by atoms with Crippen LogP contribution in [0.25, 0.3) is 10.6 Å². The number of aromatic nitrogens is 1. The Kier molecular flexibility index (Phi) is 6.92. The van der Waals surface area contributed by atoms with Crippen LogP contribution in [0.2, 0.25) is 0 Å². The number of carbonyl (C=O) groups excluding carboxylic acids is 1. The number of hydrogen-bond donors (Lipinski definition) is 1. The van der Waals surface area contributed by atoms with Crippen molar-refractivity contribution in [3.63, 3.8) is 0 Å². The third-order valence-electron chi connectivity index (χ3n) is 4.06. The third-order valence-corrected chi connectivity index (χ3v) is 5.08. The van der Waals surface area contributed by atoms with Crippen LogP contribution >= 0.6 is 11.3 Å². The Morgan fingerprint density at radius 2 is 1.93 bits per heavy atom. The summed E-state index contributed by atoms with van der Waals surface area (Å²) in [6.45, 7) is 4.74. The normalized spacial score (nSPS) is 10.9. The Morgan fingerprint density at radius 1 is 1.18 bits per heavy atom. The van der Waals surface area contributed by atoms with Gasteiger partial charge in [-0.05, 0) is 43.2 Å². The van der Waals surface area contributed by atoms with Gasteiger partial charge in [-0.2, -0.15) is 5.10 Å². The lowest BCUT2D eigenvalue weighted by atomic mass is 10.2. The van der Waals surface area contributed by atoms with E-state index in [4.69, 9.17) is 4.74 Å². The molecule has 1 N–H and O–H groups in total. The first-order chi connectivity index (χ1) is 13.7. The van der Waals surface area contributed by atoms with Crippen LogP contribution < -0.4 is 10.2 Å². The highest BCUT2D eigenvalue weighted by atomic mass is 32.1. The number of hydrogen-bond acceptors (Lipinski definition) is 5. The van der Waals surface area contributed by atoms with Crippen LogP contribution in [0.3, 0.4) is 0 Å². The fourth-order valence-electron chi connectivity index (χ4n) is 2.51. The van der Waals surface area contributed by atoms with Gasteiger partial charge in [-0.25, -0.2) is 10.4 Å². The van der Waals surface area contributed by atoms with Crippen molar-refractivity contribution in [1.29, 1.82) is 0 Å². The Balaban J connectivity index is 1.59. The van der Waals surface area contributed by atoms with Gasteiger partial charge in [-0.1, -0.05) is 43.7 Å². The molecule has 0 aliphatic carbocycles. The Morgan fingerprint density at radius 3 is 2.64 bits per heavy atom. The minimum atomic E-state index is -0.313. The minimum absolute atomic E-state index is 0.313. The van der Waals surface area contributed by atoms with Gasteiger partial charge in [-0.15, -0.1) is 11.3 Å². The van der Waals surface area contributed by atoms with Crippen LogP contribution in [0.15, 0.2) is 59.7 Å². The summed E-state index contributed by atoms with van der Waals surface area (Å²) in [5, 5.41) is 4.87. The van der Waals surface area contributed by atoms with E-state index >= 15 is 0 Å². The molecule has 144 valence electrons. The molecule has 0 aliphatic heterocycles. The van der Waals surface area contributed by atoms with E-state index in [0.29, 0.717) is 5.69 Å². The van der Waals surface area contributed by atoms with Crippen molar-refractivity contribution in [2.24, 2.45) is 5.10 Å². The van der Waals surface area contributed by atoms with Gasteiger partial charge in [0.2, 0.25) is 0 Å².